The van der Waals surface area contributed by atoms with Gasteiger partial charge in [0.05, 0.1) is 18.1 Å². The summed E-state index contributed by atoms with van der Waals surface area (Å²) in [7, 11) is 1.53. The van der Waals surface area contributed by atoms with Crippen molar-refractivity contribution in [2.45, 2.75) is 17.8 Å². The minimum Gasteiger partial charge on any atom is -0.493 e. The quantitative estimate of drug-likeness (QED) is 0.262. The van der Waals surface area contributed by atoms with Crippen LogP contribution in [0.2, 0.25) is 0 Å². The lowest BCUT2D eigenvalue weighted by atomic mass is 10.1. The molecule has 0 aliphatic heterocycles. The van der Waals surface area contributed by atoms with E-state index in [1.165, 1.54) is 7.11 Å². The van der Waals surface area contributed by atoms with Crippen molar-refractivity contribution in [3.8, 4) is 11.5 Å². The van der Waals surface area contributed by atoms with Gasteiger partial charge in [-0.15, -0.1) is 0 Å². The van der Waals surface area contributed by atoms with Gasteiger partial charge in [-0.1, -0.05) is 42.1 Å². The molecule has 0 saturated heterocycles. The fourth-order valence-electron chi connectivity index (χ4n) is 3.17. The number of amides is 2. The number of aryl methyl sites for hydroxylation is 1. The van der Waals surface area contributed by atoms with Gasteiger partial charge < -0.3 is 14.5 Å². The Morgan fingerprint density at radius 1 is 1.00 bits per heavy atom. The van der Waals surface area contributed by atoms with E-state index in [4.69, 9.17) is 9.47 Å². The number of para-hydroxylation sites is 2. The topological polar surface area (TPSA) is 105 Å². The Kier molecular flexibility index (Phi) is 7.34. The molecule has 4 aromatic rings. The lowest BCUT2D eigenvalue weighted by Gasteiger charge is -2.12. The van der Waals surface area contributed by atoms with Crippen molar-refractivity contribution in [1.29, 1.82) is 0 Å². The number of carbonyl (C=O) groups is 2. The molecular weight excluding hydrogens is 452 g/mol. The number of hydrogen-bond acceptors (Lipinski definition) is 6. The van der Waals surface area contributed by atoms with Gasteiger partial charge in [-0.2, -0.15) is 0 Å². The third-order valence-electron chi connectivity index (χ3n) is 4.95. The second-order valence-electron chi connectivity index (χ2n) is 7.49. The minimum atomic E-state index is -0.491. The number of hydrogen-bond donors (Lipinski definition) is 3. The summed E-state index contributed by atoms with van der Waals surface area (Å²) in [6.07, 6.45) is 0. The van der Waals surface area contributed by atoms with Gasteiger partial charge in [-0.3, -0.25) is 20.4 Å². The van der Waals surface area contributed by atoms with E-state index in [-0.39, 0.29) is 6.61 Å². The van der Waals surface area contributed by atoms with Gasteiger partial charge in [0.25, 0.3) is 11.8 Å². The number of rotatable bonds is 8. The molecule has 0 aliphatic rings. The third kappa shape index (κ3) is 5.87. The van der Waals surface area contributed by atoms with Gasteiger partial charge in [0, 0.05) is 11.3 Å². The fraction of sp³-hybridized carbons (Fsp3) is 0.160. The van der Waals surface area contributed by atoms with Crippen LogP contribution in [0.1, 0.15) is 21.5 Å². The first kappa shape index (κ1) is 23.2. The number of benzene rings is 3. The molecule has 8 nitrogen and oxygen atoms in total. The molecule has 34 heavy (non-hydrogen) atoms. The van der Waals surface area contributed by atoms with Crippen LogP contribution < -0.4 is 20.3 Å². The summed E-state index contributed by atoms with van der Waals surface area (Å²) in [6.45, 7) is 1.67. The SMILES string of the molecule is COc1cc(C)ccc1OCC(=O)NNC(=O)c1ccc(CSc2nc3ccccc3[nH]2)cc1. The summed E-state index contributed by atoms with van der Waals surface area (Å²) < 4.78 is 10.7. The predicted molar refractivity (Wildman–Crippen MR) is 131 cm³/mol. The number of H-pyrrole nitrogens is 1. The highest BCUT2D eigenvalue weighted by atomic mass is 32.2. The van der Waals surface area contributed by atoms with Gasteiger partial charge in [0.1, 0.15) is 0 Å². The molecule has 0 saturated carbocycles. The molecule has 4 rings (SSSR count). The van der Waals surface area contributed by atoms with Crippen molar-refractivity contribution in [2.75, 3.05) is 13.7 Å². The monoisotopic (exact) mass is 476 g/mol. The van der Waals surface area contributed by atoms with E-state index < -0.39 is 11.8 Å². The Morgan fingerprint density at radius 3 is 2.56 bits per heavy atom. The van der Waals surface area contributed by atoms with Gasteiger partial charge in [-0.05, 0) is 54.4 Å². The lowest BCUT2D eigenvalue weighted by molar-refractivity contribution is -0.123. The molecule has 1 heterocycles. The average molecular weight is 477 g/mol. The van der Waals surface area contributed by atoms with Crippen LogP contribution in [0.4, 0.5) is 0 Å². The van der Waals surface area contributed by atoms with Crippen LogP contribution in [0, 0.1) is 6.92 Å². The molecule has 2 amide bonds. The zero-order chi connectivity index (χ0) is 23.9. The number of imidazole rings is 1. The number of methoxy groups -OCH3 is 1. The molecule has 0 fully saturated rings. The maximum atomic E-state index is 12.3. The van der Waals surface area contributed by atoms with Crippen molar-refractivity contribution < 1.29 is 19.1 Å². The van der Waals surface area contributed by atoms with E-state index >= 15 is 0 Å². The van der Waals surface area contributed by atoms with Crippen LogP contribution in [-0.4, -0.2) is 35.5 Å². The number of ether oxygens (including phenoxy) is 2. The van der Waals surface area contributed by atoms with Crippen LogP contribution in [0.25, 0.3) is 11.0 Å². The first-order valence-corrected chi connectivity index (χ1v) is 11.5. The summed E-state index contributed by atoms with van der Waals surface area (Å²) in [6, 6.07) is 20.5. The van der Waals surface area contributed by atoms with Crippen molar-refractivity contribution in [2.24, 2.45) is 0 Å². The number of aromatic nitrogens is 2. The van der Waals surface area contributed by atoms with Crippen LogP contribution in [0.15, 0.2) is 71.9 Å². The number of hydrazine groups is 1. The summed E-state index contributed by atoms with van der Waals surface area (Å²) in [5.74, 6) is 0.784. The molecule has 3 N–H and O–H groups in total. The summed E-state index contributed by atoms with van der Waals surface area (Å²) in [5.41, 5.74) is 9.17. The molecule has 1 aromatic heterocycles. The van der Waals surface area contributed by atoms with Crippen molar-refractivity contribution in [3.63, 3.8) is 0 Å². The summed E-state index contributed by atoms with van der Waals surface area (Å²) in [5, 5.41) is 0.844. The van der Waals surface area contributed by atoms with Crippen LogP contribution >= 0.6 is 11.8 Å². The molecule has 0 aliphatic carbocycles. The van der Waals surface area contributed by atoms with Crippen molar-refractivity contribution in [3.05, 3.63) is 83.4 Å². The Balaban J connectivity index is 1.23. The molecule has 0 bridgehead atoms. The van der Waals surface area contributed by atoms with Crippen molar-refractivity contribution in [1.82, 2.24) is 20.8 Å². The van der Waals surface area contributed by atoms with Gasteiger partial charge in [0.2, 0.25) is 0 Å². The fourth-order valence-corrected chi connectivity index (χ4v) is 4.01. The largest absolute Gasteiger partial charge is 0.493 e. The third-order valence-corrected chi connectivity index (χ3v) is 5.90. The Morgan fingerprint density at radius 2 is 1.79 bits per heavy atom. The van der Waals surface area contributed by atoms with E-state index in [1.54, 1.807) is 30.0 Å². The highest BCUT2D eigenvalue weighted by Gasteiger charge is 2.11. The maximum Gasteiger partial charge on any atom is 0.276 e. The molecule has 174 valence electrons. The molecule has 0 spiro atoms. The first-order chi connectivity index (χ1) is 16.5. The zero-order valence-electron chi connectivity index (χ0n) is 18.8. The second kappa shape index (κ2) is 10.8. The number of nitrogens with one attached hydrogen (secondary N) is 3. The van der Waals surface area contributed by atoms with E-state index in [1.807, 2.05) is 55.5 Å². The highest BCUT2D eigenvalue weighted by Crippen LogP contribution is 2.27. The molecule has 3 aromatic carbocycles. The van der Waals surface area contributed by atoms with E-state index in [0.29, 0.717) is 22.8 Å². The van der Waals surface area contributed by atoms with Crippen LogP contribution in [0.5, 0.6) is 11.5 Å². The molecule has 0 atom stereocenters. The number of nitrogens with zero attached hydrogens (tertiary/aromatic N) is 1. The second-order valence-corrected chi connectivity index (χ2v) is 8.45. The Labute approximate surface area is 201 Å². The lowest BCUT2D eigenvalue weighted by Crippen LogP contribution is -2.43. The number of fused-ring (bicyclic) bond motifs is 1. The smallest absolute Gasteiger partial charge is 0.276 e. The van der Waals surface area contributed by atoms with Gasteiger partial charge in [0.15, 0.2) is 23.3 Å². The van der Waals surface area contributed by atoms with E-state index in [9.17, 15) is 9.59 Å². The highest BCUT2D eigenvalue weighted by molar-refractivity contribution is 7.98. The first-order valence-electron chi connectivity index (χ1n) is 10.5. The molecule has 9 heteroatoms. The van der Waals surface area contributed by atoms with E-state index in [2.05, 4.69) is 20.8 Å². The zero-order valence-corrected chi connectivity index (χ0v) is 19.6. The standard InChI is InChI=1S/C25H24N4O4S/c1-16-7-12-21(22(13-16)32-2)33-14-23(30)28-29-24(31)18-10-8-17(9-11-18)15-34-25-26-19-5-3-4-6-20(19)27-25/h3-13H,14-15H2,1-2H3,(H,26,27)(H,28,30)(H,29,31). The average Bonchev–Trinajstić information content (AvgIpc) is 3.28. The van der Waals surface area contributed by atoms with Gasteiger partial charge >= 0.3 is 0 Å². The molecular formula is C25H24N4O4S. The Hall–Kier alpha value is -3.98. The predicted octanol–water partition coefficient (Wildman–Crippen LogP) is 4.01. The molecule has 0 unspecified atom stereocenters. The van der Waals surface area contributed by atoms with Gasteiger partial charge in [-0.25, -0.2) is 4.98 Å². The molecule has 0 radical (unpaired) electrons. The summed E-state index contributed by atoms with van der Waals surface area (Å²) >= 11 is 1.59. The van der Waals surface area contributed by atoms with E-state index in [0.717, 1.165) is 27.3 Å². The normalized spacial score (nSPS) is 10.6. The number of aromatic amines is 1. The van der Waals surface area contributed by atoms with Crippen molar-refractivity contribution >= 4 is 34.6 Å². The number of carbonyl (C=O) groups excluding carboxylic acids is 2. The summed E-state index contributed by atoms with van der Waals surface area (Å²) in [4.78, 5) is 32.2. The maximum absolute atomic E-state index is 12.3. The minimum absolute atomic E-state index is 0.266. The van der Waals surface area contributed by atoms with Crippen LogP contribution in [-0.2, 0) is 10.5 Å². The Bertz CT molecular complexity index is 1270. The number of thioether (sulfide) groups is 1. The van der Waals surface area contributed by atoms with Crippen LogP contribution in [0.3, 0.4) is 0 Å².